The number of aromatic nitrogens is 1. The molecule has 1 heterocycles. The number of carboxylic acids is 2. The lowest BCUT2D eigenvalue weighted by molar-refractivity contribution is -0.134. The number of esters is 1. The van der Waals surface area contributed by atoms with Gasteiger partial charge in [-0.15, -0.1) is 0 Å². The zero-order valence-corrected chi connectivity index (χ0v) is 12.5. The number of carbonyl (C=O) groups excluding carboxylic acids is 1. The molecule has 0 amide bonds. The number of carboxylic acid groups (broad SMARTS) is 2. The van der Waals surface area contributed by atoms with E-state index in [1.165, 1.54) is 0 Å². The Morgan fingerprint density at radius 2 is 1.78 bits per heavy atom. The zero-order chi connectivity index (χ0) is 17.2. The lowest BCUT2D eigenvalue weighted by Gasteiger charge is -2.02. The summed E-state index contributed by atoms with van der Waals surface area (Å²) in [6.07, 6.45) is 3.81. The summed E-state index contributed by atoms with van der Waals surface area (Å²) in [4.78, 5) is 33.7. The van der Waals surface area contributed by atoms with Crippen molar-refractivity contribution in [1.29, 1.82) is 0 Å². The number of ether oxygens (including phenoxy) is 1. The average Bonchev–Trinajstić information content (AvgIpc) is 2.98. The molecule has 2 rings (SSSR count). The van der Waals surface area contributed by atoms with Crippen LogP contribution in [-0.2, 0) is 14.3 Å². The van der Waals surface area contributed by atoms with E-state index in [2.05, 4.69) is 4.98 Å². The Balaban J connectivity index is 0.000000284. The Bertz CT molecular complexity index is 700. The van der Waals surface area contributed by atoms with E-state index in [0.717, 1.165) is 17.3 Å². The highest BCUT2D eigenvalue weighted by Gasteiger charge is 2.07. The maximum absolute atomic E-state index is 11.5. The van der Waals surface area contributed by atoms with Crippen LogP contribution in [0.3, 0.4) is 0 Å². The van der Waals surface area contributed by atoms with Gasteiger partial charge in [0.25, 0.3) is 0 Å². The van der Waals surface area contributed by atoms with Crippen LogP contribution in [0, 0.1) is 0 Å². The van der Waals surface area contributed by atoms with Gasteiger partial charge in [-0.3, -0.25) is 0 Å². The van der Waals surface area contributed by atoms with Crippen molar-refractivity contribution in [2.75, 3.05) is 6.61 Å². The number of rotatable bonds is 5. The molecule has 0 aliphatic rings. The molecule has 0 aliphatic heterocycles. The third-order valence-corrected chi connectivity index (χ3v) is 2.60. The summed E-state index contributed by atoms with van der Waals surface area (Å²) in [5.74, 6) is -2.77. The van der Waals surface area contributed by atoms with Crippen molar-refractivity contribution in [3.8, 4) is 0 Å². The van der Waals surface area contributed by atoms with E-state index in [1.54, 1.807) is 6.07 Å². The Hall–Kier alpha value is -3.09. The fourth-order valence-corrected chi connectivity index (χ4v) is 1.60. The van der Waals surface area contributed by atoms with Gasteiger partial charge < -0.3 is 19.9 Å². The monoisotopic (exact) mass is 319 g/mol. The number of hydrogen-bond acceptors (Lipinski definition) is 4. The molecule has 0 saturated carbocycles. The summed E-state index contributed by atoms with van der Waals surface area (Å²) >= 11 is 0. The van der Waals surface area contributed by atoms with Crippen LogP contribution < -0.4 is 0 Å². The number of fused-ring (bicyclic) bond motifs is 1. The summed E-state index contributed by atoms with van der Waals surface area (Å²) < 4.78 is 5.05. The van der Waals surface area contributed by atoms with Crippen LogP contribution in [0.2, 0.25) is 0 Å². The first-order valence-electron chi connectivity index (χ1n) is 6.82. The third kappa shape index (κ3) is 6.47. The van der Waals surface area contributed by atoms with Crippen molar-refractivity contribution in [3.05, 3.63) is 48.2 Å². The molecule has 0 atom stereocenters. The molecule has 0 fully saturated rings. The topological polar surface area (TPSA) is 117 Å². The number of aliphatic carboxylic acids is 2. The van der Waals surface area contributed by atoms with Crippen molar-refractivity contribution >= 4 is 28.8 Å². The van der Waals surface area contributed by atoms with E-state index in [1.807, 2.05) is 31.3 Å². The minimum absolute atomic E-state index is 0.256. The molecule has 0 radical (unpaired) electrons. The first-order valence-corrected chi connectivity index (χ1v) is 6.82. The van der Waals surface area contributed by atoms with E-state index < -0.39 is 11.9 Å². The lowest BCUT2D eigenvalue weighted by atomic mass is 10.2. The predicted octanol–water partition coefficient (Wildman–Crippen LogP) is 2.45. The van der Waals surface area contributed by atoms with Crippen LogP contribution in [0.25, 0.3) is 10.9 Å². The normalized spacial score (nSPS) is 10.1. The van der Waals surface area contributed by atoms with E-state index in [0.29, 0.717) is 24.3 Å². The summed E-state index contributed by atoms with van der Waals surface area (Å²) in [5.41, 5.74) is 1.55. The minimum Gasteiger partial charge on any atom is -0.478 e. The number of hydrogen-bond donors (Lipinski definition) is 3. The standard InChI is InChI=1S/C12H13NO2.C4H4O4/c1-2-7-15-12(14)10-4-3-9-5-6-13-11(9)8-10;5-3(6)1-2-4(7)8/h3-6,8,13H,2,7H2,1H3;1-2H,(H,5,6)(H,7,8)/b;2-1-. The number of benzene rings is 1. The SMILES string of the molecule is CCCOC(=O)c1ccc2cc[nH]c2c1.O=C(O)/C=C\C(=O)O. The van der Waals surface area contributed by atoms with Gasteiger partial charge in [0.1, 0.15) is 0 Å². The van der Waals surface area contributed by atoms with Gasteiger partial charge in [0.2, 0.25) is 0 Å². The Labute approximate surface area is 132 Å². The maximum Gasteiger partial charge on any atom is 0.338 e. The highest BCUT2D eigenvalue weighted by molar-refractivity contribution is 5.94. The van der Waals surface area contributed by atoms with Crippen LogP contribution in [0.1, 0.15) is 23.7 Å². The van der Waals surface area contributed by atoms with Crippen LogP contribution in [0.5, 0.6) is 0 Å². The van der Waals surface area contributed by atoms with E-state index in [4.69, 9.17) is 14.9 Å². The molecule has 2 aromatic rings. The zero-order valence-electron chi connectivity index (χ0n) is 12.5. The second-order valence-corrected chi connectivity index (χ2v) is 4.43. The molecule has 0 aliphatic carbocycles. The Morgan fingerprint density at radius 1 is 1.13 bits per heavy atom. The quantitative estimate of drug-likeness (QED) is 0.575. The first-order chi connectivity index (χ1) is 10.9. The molecule has 3 N–H and O–H groups in total. The van der Waals surface area contributed by atoms with Gasteiger partial charge in [0.15, 0.2) is 0 Å². The summed E-state index contributed by atoms with van der Waals surface area (Å²) in [5, 5.41) is 16.7. The molecule has 1 aromatic heterocycles. The van der Waals surface area contributed by atoms with Crippen LogP contribution in [0.4, 0.5) is 0 Å². The van der Waals surface area contributed by atoms with Gasteiger partial charge in [0, 0.05) is 23.9 Å². The van der Waals surface area contributed by atoms with Gasteiger partial charge in [-0.2, -0.15) is 0 Å². The van der Waals surface area contributed by atoms with Gasteiger partial charge in [0.05, 0.1) is 12.2 Å². The largest absolute Gasteiger partial charge is 0.478 e. The van der Waals surface area contributed by atoms with Gasteiger partial charge in [-0.25, -0.2) is 14.4 Å². The van der Waals surface area contributed by atoms with Crippen molar-refractivity contribution in [3.63, 3.8) is 0 Å². The van der Waals surface area contributed by atoms with E-state index in [-0.39, 0.29) is 5.97 Å². The number of nitrogens with one attached hydrogen (secondary N) is 1. The number of carbonyl (C=O) groups is 3. The van der Waals surface area contributed by atoms with Crippen molar-refractivity contribution in [2.24, 2.45) is 0 Å². The molecule has 1 aromatic carbocycles. The smallest absolute Gasteiger partial charge is 0.338 e. The molecule has 0 unspecified atom stereocenters. The first kappa shape index (κ1) is 18.0. The van der Waals surface area contributed by atoms with Gasteiger partial charge in [-0.1, -0.05) is 13.0 Å². The molecular formula is C16H17NO6. The summed E-state index contributed by atoms with van der Waals surface area (Å²) in [6.45, 7) is 2.45. The van der Waals surface area contributed by atoms with Crippen LogP contribution in [-0.4, -0.2) is 39.7 Å². The summed E-state index contributed by atoms with van der Waals surface area (Å²) in [6, 6.07) is 7.48. The predicted molar refractivity (Wildman–Crippen MR) is 83.3 cm³/mol. The second-order valence-electron chi connectivity index (χ2n) is 4.43. The molecular weight excluding hydrogens is 302 g/mol. The summed E-state index contributed by atoms with van der Waals surface area (Å²) in [7, 11) is 0. The fraction of sp³-hybridized carbons (Fsp3) is 0.188. The van der Waals surface area contributed by atoms with Crippen LogP contribution in [0.15, 0.2) is 42.6 Å². The van der Waals surface area contributed by atoms with Crippen LogP contribution >= 0.6 is 0 Å². The Kier molecular flexibility index (Phi) is 7.06. The second kappa shape index (κ2) is 9.04. The average molecular weight is 319 g/mol. The molecule has 7 nitrogen and oxygen atoms in total. The molecule has 122 valence electrons. The molecule has 0 spiro atoms. The minimum atomic E-state index is -1.26. The number of H-pyrrole nitrogens is 1. The van der Waals surface area contributed by atoms with Gasteiger partial charge >= 0.3 is 17.9 Å². The molecule has 0 bridgehead atoms. The van der Waals surface area contributed by atoms with E-state index >= 15 is 0 Å². The molecule has 0 saturated heterocycles. The molecule has 23 heavy (non-hydrogen) atoms. The lowest BCUT2D eigenvalue weighted by Crippen LogP contribution is -2.05. The van der Waals surface area contributed by atoms with Crippen molar-refractivity contribution in [2.45, 2.75) is 13.3 Å². The van der Waals surface area contributed by atoms with Crippen molar-refractivity contribution < 1.29 is 29.3 Å². The fourth-order valence-electron chi connectivity index (χ4n) is 1.60. The van der Waals surface area contributed by atoms with Gasteiger partial charge in [-0.05, 0) is 30.0 Å². The Morgan fingerprint density at radius 3 is 2.35 bits per heavy atom. The third-order valence-electron chi connectivity index (χ3n) is 2.60. The van der Waals surface area contributed by atoms with E-state index in [9.17, 15) is 14.4 Å². The maximum atomic E-state index is 11.5. The highest BCUT2D eigenvalue weighted by atomic mass is 16.5. The number of aromatic amines is 1. The molecule has 7 heteroatoms. The van der Waals surface area contributed by atoms with Crippen molar-refractivity contribution in [1.82, 2.24) is 4.98 Å². The highest BCUT2D eigenvalue weighted by Crippen LogP contribution is 2.14.